The Labute approximate surface area is 187 Å². The number of nitro benzene ring substituents is 1. The minimum atomic E-state index is -0.468. The van der Waals surface area contributed by atoms with Crippen molar-refractivity contribution in [1.29, 1.82) is 0 Å². The zero-order valence-corrected chi connectivity index (χ0v) is 17.8. The molecule has 1 aliphatic heterocycles. The van der Waals surface area contributed by atoms with Crippen molar-refractivity contribution in [2.24, 2.45) is 0 Å². The molecule has 0 unspecified atom stereocenters. The third kappa shape index (κ3) is 4.57. The lowest BCUT2D eigenvalue weighted by molar-refractivity contribution is -0.384. The van der Waals surface area contributed by atoms with Gasteiger partial charge in [0.1, 0.15) is 23.9 Å². The number of rotatable bonds is 7. The number of benzene rings is 2. The third-order valence-corrected chi connectivity index (χ3v) is 5.71. The van der Waals surface area contributed by atoms with Gasteiger partial charge in [-0.15, -0.1) is 0 Å². The first kappa shape index (κ1) is 21.4. The molecule has 0 bridgehead atoms. The molecule has 162 valence electrons. The summed E-state index contributed by atoms with van der Waals surface area (Å²) in [5, 5.41) is 10.7. The molecular weight excluding hydrogens is 432 g/mol. The van der Waals surface area contributed by atoms with Gasteiger partial charge in [-0.05, 0) is 48.5 Å². The molecule has 0 radical (unpaired) electrons. The fourth-order valence-corrected chi connectivity index (χ4v) is 4.00. The van der Waals surface area contributed by atoms with Crippen LogP contribution in [0.3, 0.4) is 0 Å². The second-order valence-corrected chi connectivity index (χ2v) is 7.95. The molecule has 0 aliphatic carbocycles. The Morgan fingerprint density at radius 2 is 1.91 bits per heavy atom. The Kier molecular flexibility index (Phi) is 6.09. The fourth-order valence-electron chi connectivity index (χ4n) is 3.16. The SMILES string of the molecule is Cc1ccc([N+](=O)[O-])cc1-c1ccc(/C=C2\SC(=O)N(CCOc3ccccc3)C2=O)o1. The van der Waals surface area contributed by atoms with Crippen LogP contribution in [0.5, 0.6) is 5.75 Å². The van der Waals surface area contributed by atoms with E-state index in [0.29, 0.717) is 22.8 Å². The van der Waals surface area contributed by atoms with Crippen molar-refractivity contribution in [3.05, 3.63) is 87.0 Å². The monoisotopic (exact) mass is 450 g/mol. The van der Waals surface area contributed by atoms with E-state index in [1.807, 2.05) is 25.1 Å². The van der Waals surface area contributed by atoms with E-state index in [0.717, 1.165) is 22.2 Å². The summed E-state index contributed by atoms with van der Waals surface area (Å²) in [7, 11) is 0. The molecule has 0 atom stereocenters. The van der Waals surface area contributed by atoms with Gasteiger partial charge in [0.2, 0.25) is 0 Å². The lowest BCUT2D eigenvalue weighted by atomic mass is 10.1. The van der Waals surface area contributed by atoms with E-state index in [1.165, 1.54) is 18.2 Å². The summed E-state index contributed by atoms with van der Waals surface area (Å²) >= 11 is 0.831. The Hall–Kier alpha value is -3.85. The average Bonchev–Trinajstić information content (AvgIpc) is 3.34. The van der Waals surface area contributed by atoms with Crippen LogP contribution >= 0.6 is 11.8 Å². The Morgan fingerprint density at radius 1 is 1.12 bits per heavy atom. The van der Waals surface area contributed by atoms with Crippen molar-refractivity contribution in [3.8, 4) is 17.1 Å². The molecule has 1 aliphatic rings. The van der Waals surface area contributed by atoms with Gasteiger partial charge in [-0.2, -0.15) is 0 Å². The Morgan fingerprint density at radius 3 is 2.66 bits per heavy atom. The molecule has 2 heterocycles. The summed E-state index contributed by atoms with van der Waals surface area (Å²) in [5.74, 6) is 1.06. The van der Waals surface area contributed by atoms with Gasteiger partial charge < -0.3 is 9.15 Å². The molecule has 1 saturated heterocycles. The number of hydrogen-bond acceptors (Lipinski definition) is 7. The van der Waals surface area contributed by atoms with Crippen molar-refractivity contribution < 1.29 is 23.7 Å². The van der Waals surface area contributed by atoms with Crippen LogP contribution in [0.25, 0.3) is 17.4 Å². The minimum absolute atomic E-state index is 0.0395. The maximum atomic E-state index is 12.7. The molecular formula is C23H18N2O6S. The second-order valence-electron chi connectivity index (χ2n) is 6.95. The quantitative estimate of drug-likeness (QED) is 0.274. The molecule has 1 fully saturated rings. The molecule has 8 nitrogen and oxygen atoms in total. The predicted octanol–water partition coefficient (Wildman–Crippen LogP) is 5.28. The van der Waals surface area contributed by atoms with Crippen molar-refractivity contribution in [3.63, 3.8) is 0 Å². The summed E-state index contributed by atoms with van der Waals surface area (Å²) in [4.78, 5) is 36.9. The Bertz CT molecular complexity index is 1220. The highest BCUT2D eigenvalue weighted by atomic mass is 32.2. The van der Waals surface area contributed by atoms with Crippen LogP contribution in [0.2, 0.25) is 0 Å². The number of aryl methyl sites for hydroxylation is 1. The van der Waals surface area contributed by atoms with Crippen LogP contribution in [0.4, 0.5) is 10.5 Å². The average molecular weight is 450 g/mol. The molecule has 32 heavy (non-hydrogen) atoms. The number of thioether (sulfide) groups is 1. The molecule has 0 saturated carbocycles. The number of nitrogens with zero attached hydrogens (tertiary/aromatic N) is 2. The summed E-state index contributed by atoms with van der Waals surface area (Å²) in [6, 6.07) is 17.0. The van der Waals surface area contributed by atoms with E-state index in [2.05, 4.69) is 0 Å². The molecule has 0 spiro atoms. The number of furan rings is 1. The number of hydrogen-bond donors (Lipinski definition) is 0. The van der Waals surface area contributed by atoms with E-state index in [1.54, 1.807) is 30.3 Å². The number of non-ortho nitro benzene ring substituents is 1. The zero-order chi connectivity index (χ0) is 22.7. The molecule has 3 aromatic rings. The molecule has 9 heteroatoms. The molecule has 2 aromatic carbocycles. The van der Waals surface area contributed by atoms with E-state index >= 15 is 0 Å². The van der Waals surface area contributed by atoms with E-state index in [4.69, 9.17) is 9.15 Å². The molecule has 1 aromatic heterocycles. The van der Waals surface area contributed by atoms with Crippen LogP contribution in [0, 0.1) is 17.0 Å². The van der Waals surface area contributed by atoms with Crippen LogP contribution in [-0.4, -0.2) is 34.1 Å². The van der Waals surface area contributed by atoms with Gasteiger partial charge >= 0.3 is 0 Å². The smallest absolute Gasteiger partial charge is 0.293 e. The number of amides is 2. The normalized spacial score (nSPS) is 14.9. The van der Waals surface area contributed by atoms with Crippen LogP contribution in [-0.2, 0) is 4.79 Å². The van der Waals surface area contributed by atoms with Gasteiger partial charge in [0.15, 0.2) is 0 Å². The number of imide groups is 1. The van der Waals surface area contributed by atoms with Gasteiger partial charge in [-0.25, -0.2) is 0 Å². The van der Waals surface area contributed by atoms with Gasteiger partial charge in [-0.3, -0.25) is 24.6 Å². The van der Waals surface area contributed by atoms with Crippen LogP contribution in [0.1, 0.15) is 11.3 Å². The van der Waals surface area contributed by atoms with Gasteiger partial charge in [-0.1, -0.05) is 24.3 Å². The first-order valence-electron chi connectivity index (χ1n) is 9.71. The highest BCUT2D eigenvalue weighted by molar-refractivity contribution is 8.18. The topological polar surface area (TPSA) is 103 Å². The number of carbonyl (C=O) groups excluding carboxylic acids is 2. The van der Waals surface area contributed by atoms with E-state index in [9.17, 15) is 19.7 Å². The lowest BCUT2D eigenvalue weighted by Crippen LogP contribution is -2.32. The summed E-state index contributed by atoms with van der Waals surface area (Å²) in [6.45, 7) is 2.14. The first-order valence-corrected chi connectivity index (χ1v) is 10.5. The Balaban J connectivity index is 1.46. The number of ether oxygens (including phenoxy) is 1. The van der Waals surface area contributed by atoms with Crippen molar-refractivity contribution >= 4 is 34.7 Å². The predicted molar refractivity (Wildman–Crippen MR) is 120 cm³/mol. The number of nitro groups is 1. The van der Waals surface area contributed by atoms with Crippen molar-refractivity contribution in [2.75, 3.05) is 13.2 Å². The highest BCUT2D eigenvalue weighted by Crippen LogP contribution is 2.34. The molecule has 0 N–H and O–H groups in total. The molecule has 4 rings (SSSR count). The summed E-state index contributed by atoms with van der Waals surface area (Å²) in [6.07, 6.45) is 1.50. The first-order chi connectivity index (χ1) is 15.4. The number of para-hydroxylation sites is 1. The van der Waals surface area contributed by atoms with Crippen LogP contribution < -0.4 is 4.74 Å². The van der Waals surface area contributed by atoms with Gasteiger partial charge in [0.05, 0.1) is 16.4 Å². The largest absolute Gasteiger partial charge is 0.492 e. The molecule has 2 amide bonds. The summed E-state index contributed by atoms with van der Waals surface area (Å²) < 4.78 is 11.4. The fraction of sp³-hybridized carbons (Fsp3) is 0.130. The number of carbonyl (C=O) groups is 2. The maximum absolute atomic E-state index is 12.7. The van der Waals surface area contributed by atoms with Crippen molar-refractivity contribution in [2.45, 2.75) is 6.92 Å². The zero-order valence-electron chi connectivity index (χ0n) is 17.0. The van der Waals surface area contributed by atoms with Gasteiger partial charge in [0.25, 0.3) is 16.8 Å². The van der Waals surface area contributed by atoms with Crippen molar-refractivity contribution in [1.82, 2.24) is 4.90 Å². The van der Waals surface area contributed by atoms with E-state index < -0.39 is 10.8 Å². The third-order valence-electron chi connectivity index (χ3n) is 4.80. The minimum Gasteiger partial charge on any atom is -0.492 e. The standard InChI is InChI=1S/C23H18N2O6S/c1-15-7-8-16(25(28)29)13-19(15)20-10-9-18(31-20)14-21-22(26)24(23(27)32-21)11-12-30-17-5-3-2-4-6-17/h2-10,13-14H,11-12H2,1H3/b21-14-. The lowest BCUT2D eigenvalue weighted by Gasteiger charge is -2.13. The second kappa shape index (κ2) is 9.11. The maximum Gasteiger partial charge on any atom is 0.293 e. The summed E-state index contributed by atoms with van der Waals surface area (Å²) in [5.41, 5.74) is 1.36. The van der Waals surface area contributed by atoms with Crippen LogP contribution in [0.15, 0.2) is 70.0 Å². The highest BCUT2D eigenvalue weighted by Gasteiger charge is 2.35. The van der Waals surface area contributed by atoms with Gasteiger partial charge in [0, 0.05) is 23.8 Å². The van der Waals surface area contributed by atoms with E-state index in [-0.39, 0.29) is 29.0 Å².